The largest absolute Gasteiger partial charge is 0.397 e. The highest BCUT2D eigenvalue weighted by molar-refractivity contribution is 6.34. The van der Waals surface area contributed by atoms with Crippen LogP contribution < -0.4 is 5.73 Å². The number of methoxy groups -OCH3 is 1. The van der Waals surface area contributed by atoms with Gasteiger partial charge in [-0.1, -0.05) is 11.6 Å². The molecule has 0 atom stereocenters. The van der Waals surface area contributed by atoms with Gasteiger partial charge in [-0.05, 0) is 12.1 Å². The van der Waals surface area contributed by atoms with Crippen molar-refractivity contribution in [2.45, 2.75) is 6.54 Å². The Balaban J connectivity index is 2.32. The molecule has 0 spiro atoms. The van der Waals surface area contributed by atoms with Crippen LogP contribution in [0.3, 0.4) is 0 Å². The number of carbonyl (C=O) groups is 1. The van der Waals surface area contributed by atoms with Gasteiger partial charge in [0.05, 0.1) is 36.3 Å². The Morgan fingerprint density at radius 2 is 2.26 bits per heavy atom. The number of hydrogen-bond donors (Lipinski definition) is 1. The van der Waals surface area contributed by atoms with Crippen LogP contribution in [-0.2, 0) is 11.3 Å². The van der Waals surface area contributed by atoms with Gasteiger partial charge in [-0.15, -0.1) is 0 Å². The third-order valence-corrected chi connectivity index (χ3v) is 2.81. The Bertz CT molecular complexity index is 580. The molecule has 0 aliphatic heterocycles. The highest BCUT2D eigenvalue weighted by Gasteiger charge is 2.20. The van der Waals surface area contributed by atoms with Crippen molar-refractivity contribution in [3.63, 3.8) is 0 Å². The zero-order valence-electron chi connectivity index (χ0n) is 10.3. The van der Waals surface area contributed by atoms with Gasteiger partial charge in [0.25, 0.3) is 0 Å². The van der Waals surface area contributed by atoms with Gasteiger partial charge in [-0.3, -0.25) is 14.5 Å². The molecule has 0 radical (unpaired) electrons. The van der Waals surface area contributed by atoms with Crippen molar-refractivity contribution in [1.82, 2.24) is 14.8 Å². The second-order valence-corrected chi connectivity index (χ2v) is 4.27. The van der Waals surface area contributed by atoms with Gasteiger partial charge in [-0.2, -0.15) is 5.10 Å². The molecule has 19 heavy (non-hydrogen) atoms. The van der Waals surface area contributed by atoms with E-state index in [-0.39, 0.29) is 11.5 Å². The Kier molecular flexibility index (Phi) is 4.13. The summed E-state index contributed by atoms with van der Waals surface area (Å²) in [6.45, 7) is 0.882. The van der Waals surface area contributed by atoms with E-state index < -0.39 is 0 Å². The number of halogens is 1. The smallest absolute Gasteiger partial charge is 0.230 e. The summed E-state index contributed by atoms with van der Waals surface area (Å²) >= 11 is 6.00. The Hall–Kier alpha value is -1.92. The van der Waals surface area contributed by atoms with E-state index in [2.05, 4.69) is 10.1 Å². The van der Waals surface area contributed by atoms with E-state index in [0.29, 0.717) is 29.6 Å². The zero-order valence-corrected chi connectivity index (χ0v) is 11.1. The lowest BCUT2D eigenvalue weighted by molar-refractivity contribution is 0.102. The maximum Gasteiger partial charge on any atom is 0.230 e. The number of nitrogens with zero attached hydrogens (tertiary/aromatic N) is 3. The molecular weight excluding hydrogens is 268 g/mol. The van der Waals surface area contributed by atoms with Gasteiger partial charge in [-0.25, -0.2) is 0 Å². The number of anilines is 1. The standard InChI is InChI=1S/C12H13ClN4O2/c1-19-5-4-17-11(9(13)7-16-17)12(18)10-3-2-8(14)6-15-10/h2-3,6-7H,4-5,14H2,1H3. The van der Waals surface area contributed by atoms with E-state index in [9.17, 15) is 4.79 Å². The molecule has 2 aromatic heterocycles. The normalized spacial score (nSPS) is 10.6. The number of nitrogen functional groups attached to an aromatic ring is 1. The second-order valence-electron chi connectivity index (χ2n) is 3.86. The van der Waals surface area contributed by atoms with Gasteiger partial charge in [0.1, 0.15) is 11.4 Å². The summed E-state index contributed by atoms with van der Waals surface area (Å²) in [7, 11) is 1.58. The molecule has 7 heteroatoms. The molecule has 0 unspecified atom stereocenters. The Morgan fingerprint density at radius 3 is 2.89 bits per heavy atom. The number of nitrogens with two attached hydrogens (primary N) is 1. The maximum absolute atomic E-state index is 12.3. The molecule has 6 nitrogen and oxygen atoms in total. The van der Waals surface area contributed by atoms with Crippen molar-refractivity contribution >= 4 is 23.1 Å². The number of ether oxygens (including phenoxy) is 1. The summed E-state index contributed by atoms with van der Waals surface area (Å²) in [5.41, 5.74) is 6.61. The molecule has 0 aromatic carbocycles. The quantitative estimate of drug-likeness (QED) is 0.837. The molecular formula is C12H13ClN4O2. The first-order chi connectivity index (χ1) is 9.13. The predicted octanol–water partition coefficient (Wildman–Crippen LogP) is 1.39. The summed E-state index contributed by atoms with van der Waals surface area (Å²) in [4.78, 5) is 16.3. The predicted molar refractivity (Wildman–Crippen MR) is 71.2 cm³/mol. The van der Waals surface area contributed by atoms with Crippen molar-refractivity contribution in [3.05, 3.63) is 40.9 Å². The summed E-state index contributed by atoms with van der Waals surface area (Å²) in [5.74, 6) is -0.293. The SMILES string of the molecule is COCCn1ncc(Cl)c1C(=O)c1ccc(N)cn1. The van der Waals surface area contributed by atoms with Crippen molar-refractivity contribution in [3.8, 4) is 0 Å². The van der Waals surface area contributed by atoms with Crippen molar-refractivity contribution in [2.24, 2.45) is 0 Å². The van der Waals surface area contributed by atoms with Crippen molar-refractivity contribution in [1.29, 1.82) is 0 Å². The minimum absolute atomic E-state index is 0.273. The van der Waals surface area contributed by atoms with Crippen LogP contribution in [0.15, 0.2) is 24.5 Å². The van der Waals surface area contributed by atoms with Crippen LogP contribution in [-0.4, -0.2) is 34.3 Å². The van der Waals surface area contributed by atoms with Crippen LogP contribution in [0.2, 0.25) is 5.02 Å². The van der Waals surface area contributed by atoms with Crippen LogP contribution in [0.5, 0.6) is 0 Å². The van der Waals surface area contributed by atoms with Crippen LogP contribution in [0.4, 0.5) is 5.69 Å². The van der Waals surface area contributed by atoms with E-state index in [1.54, 1.807) is 19.2 Å². The lowest BCUT2D eigenvalue weighted by Crippen LogP contribution is -2.15. The van der Waals surface area contributed by atoms with E-state index in [4.69, 9.17) is 22.1 Å². The van der Waals surface area contributed by atoms with Crippen molar-refractivity contribution < 1.29 is 9.53 Å². The Morgan fingerprint density at radius 1 is 1.47 bits per heavy atom. The fraction of sp³-hybridized carbons (Fsp3) is 0.250. The minimum atomic E-state index is -0.293. The number of rotatable bonds is 5. The third-order valence-electron chi connectivity index (χ3n) is 2.54. The van der Waals surface area contributed by atoms with Gasteiger partial charge in [0, 0.05) is 7.11 Å². The minimum Gasteiger partial charge on any atom is -0.397 e. The maximum atomic E-state index is 12.3. The highest BCUT2D eigenvalue weighted by atomic mass is 35.5. The highest BCUT2D eigenvalue weighted by Crippen LogP contribution is 2.18. The second kappa shape index (κ2) is 5.81. The van der Waals surface area contributed by atoms with Crippen LogP contribution in [0.1, 0.15) is 16.2 Å². The number of hydrogen-bond acceptors (Lipinski definition) is 5. The fourth-order valence-electron chi connectivity index (χ4n) is 1.60. The number of carbonyl (C=O) groups excluding carboxylic acids is 1. The molecule has 2 aromatic rings. The number of aromatic nitrogens is 3. The van der Waals surface area contributed by atoms with Gasteiger partial charge in [0.15, 0.2) is 0 Å². The van der Waals surface area contributed by atoms with E-state index in [1.807, 2.05) is 0 Å². The molecule has 0 saturated heterocycles. The van der Waals surface area contributed by atoms with Gasteiger partial charge >= 0.3 is 0 Å². The average molecular weight is 281 g/mol. The van der Waals surface area contributed by atoms with Gasteiger partial charge in [0.2, 0.25) is 5.78 Å². The first-order valence-corrected chi connectivity index (χ1v) is 5.97. The summed E-state index contributed by atoms with van der Waals surface area (Å²) in [6, 6.07) is 3.17. The summed E-state index contributed by atoms with van der Waals surface area (Å²) < 4.78 is 6.47. The molecule has 0 fully saturated rings. The topological polar surface area (TPSA) is 83.0 Å². The molecule has 0 aliphatic rings. The van der Waals surface area contributed by atoms with Gasteiger partial charge < -0.3 is 10.5 Å². The number of pyridine rings is 1. The van der Waals surface area contributed by atoms with E-state index in [1.165, 1.54) is 17.1 Å². The average Bonchev–Trinajstić information content (AvgIpc) is 2.77. The monoisotopic (exact) mass is 280 g/mol. The molecule has 100 valence electrons. The van der Waals surface area contributed by atoms with Crippen molar-refractivity contribution in [2.75, 3.05) is 19.5 Å². The lowest BCUT2D eigenvalue weighted by Gasteiger charge is -2.06. The zero-order chi connectivity index (χ0) is 13.8. The Labute approximate surface area is 115 Å². The van der Waals surface area contributed by atoms with Crippen LogP contribution in [0, 0.1) is 0 Å². The third kappa shape index (κ3) is 2.91. The molecule has 0 amide bonds. The lowest BCUT2D eigenvalue weighted by atomic mass is 10.2. The fourth-order valence-corrected chi connectivity index (χ4v) is 1.82. The summed E-state index contributed by atoms with van der Waals surface area (Å²) in [5, 5.41) is 4.34. The summed E-state index contributed by atoms with van der Waals surface area (Å²) in [6.07, 6.45) is 2.86. The molecule has 0 saturated carbocycles. The molecule has 0 aliphatic carbocycles. The van der Waals surface area contributed by atoms with E-state index in [0.717, 1.165) is 0 Å². The first kappa shape index (κ1) is 13.5. The molecule has 2 rings (SSSR count). The molecule has 2 heterocycles. The van der Waals surface area contributed by atoms with E-state index >= 15 is 0 Å². The van der Waals surface area contributed by atoms with Crippen LogP contribution in [0.25, 0.3) is 0 Å². The van der Waals surface area contributed by atoms with Crippen LogP contribution >= 0.6 is 11.6 Å². The first-order valence-electron chi connectivity index (χ1n) is 5.60. The molecule has 0 bridgehead atoms. The number of ketones is 1. The molecule has 2 N–H and O–H groups in total.